The van der Waals surface area contributed by atoms with E-state index >= 15 is 0 Å². The third-order valence-corrected chi connectivity index (χ3v) is 8.21. The normalized spacial score (nSPS) is 18.1. The van der Waals surface area contributed by atoms with Crippen molar-refractivity contribution in [1.29, 1.82) is 0 Å². The van der Waals surface area contributed by atoms with Crippen LogP contribution in [0.5, 0.6) is 11.6 Å². The lowest BCUT2D eigenvalue weighted by Gasteiger charge is -2.26. The molecule has 10 rings (SSSR count). The highest BCUT2D eigenvalue weighted by molar-refractivity contribution is 6.18. The second kappa shape index (κ2) is 5.15. The molecule has 1 unspecified atom stereocenters. The van der Waals surface area contributed by atoms with Crippen molar-refractivity contribution in [3.05, 3.63) is 109 Å². The van der Waals surface area contributed by atoms with Crippen LogP contribution < -0.4 is 13.9 Å². The van der Waals surface area contributed by atoms with E-state index in [2.05, 4.69) is 98.6 Å². The van der Waals surface area contributed by atoms with Crippen molar-refractivity contribution in [2.45, 2.75) is 5.66 Å². The first-order valence-electron chi connectivity index (χ1n) is 11.9. The lowest BCUT2D eigenvalue weighted by molar-refractivity contribution is -0.952. The Morgan fingerprint density at radius 1 is 0.771 bits per heavy atom. The first-order valence-corrected chi connectivity index (χ1v) is 11.9. The monoisotopic (exact) mass is 448 g/mol. The Morgan fingerprint density at radius 3 is 2.63 bits per heavy atom. The molecule has 0 N–H and O–H groups in total. The van der Waals surface area contributed by atoms with Crippen molar-refractivity contribution in [1.82, 2.24) is 9.38 Å². The van der Waals surface area contributed by atoms with Gasteiger partial charge in [0, 0.05) is 40.6 Å². The van der Waals surface area contributed by atoms with Gasteiger partial charge in [-0.15, -0.1) is 9.13 Å². The average molecular weight is 448 g/mol. The number of hydrogen-bond donors (Lipinski definition) is 0. The van der Waals surface area contributed by atoms with Crippen LogP contribution in [0.4, 0.5) is 0 Å². The van der Waals surface area contributed by atoms with Gasteiger partial charge in [-0.05, 0) is 48.5 Å². The highest BCUT2D eigenvalue weighted by Crippen LogP contribution is 2.54. The minimum atomic E-state index is -0.582. The molecule has 160 valence electrons. The number of hydrogen-bond acceptors (Lipinski definition) is 2. The van der Waals surface area contributed by atoms with E-state index in [0.717, 1.165) is 28.2 Å². The highest BCUT2D eigenvalue weighted by Gasteiger charge is 2.70. The second-order valence-corrected chi connectivity index (χ2v) is 9.63. The van der Waals surface area contributed by atoms with Gasteiger partial charge in [-0.1, -0.05) is 18.2 Å². The Kier molecular flexibility index (Phi) is 2.47. The summed E-state index contributed by atoms with van der Waals surface area (Å²) >= 11 is 0. The quantitative estimate of drug-likeness (QED) is 0.240. The molecule has 7 aromatic rings. The number of pyridine rings is 4. The van der Waals surface area contributed by atoms with Crippen LogP contribution in [0.3, 0.4) is 0 Å². The van der Waals surface area contributed by atoms with Crippen LogP contribution >= 0.6 is 0 Å². The molecule has 1 spiro atoms. The van der Waals surface area contributed by atoms with Crippen molar-refractivity contribution < 1.29 is 13.9 Å². The van der Waals surface area contributed by atoms with Gasteiger partial charge in [0.15, 0.2) is 11.7 Å². The standard InChI is InChI=1S/C30H16N4O/c1-2-8-18-17(7-1)27-20-10-6-15-31-26(20)21-13-14-24-34-29(21)33(27)28(18)30(34)25-19(9-5-12-23(25)35-24)22-11-3-4-16-32(22)30/h1-16H/q+2. The summed E-state index contributed by atoms with van der Waals surface area (Å²) < 4.78 is 14.0. The van der Waals surface area contributed by atoms with Crippen molar-refractivity contribution in [3.63, 3.8) is 0 Å². The van der Waals surface area contributed by atoms with Gasteiger partial charge in [-0.25, -0.2) is 0 Å². The van der Waals surface area contributed by atoms with Gasteiger partial charge in [0.05, 0.1) is 16.5 Å². The Morgan fingerprint density at radius 2 is 1.66 bits per heavy atom. The van der Waals surface area contributed by atoms with E-state index < -0.39 is 5.66 Å². The van der Waals surface area contributed by atoms with E-state index in [1.54, 1.807) is 0 Å². The molecule has 3 aliphatic heterocycles. The minimum Gasteiger partial charge on any atom is -0.422 e. The molecule has 1 atom stereocenters. The zero-order valence-corrected chi connectivity index (χ0v) is 18.4. The topological polar surface area (TPSA) is 34.3 Å². The molecular formula is C30H16N4O+2. The molecule has 0 amide bonds. The fraction of sp³-hybridized carbons (Fsp3) is 0.0333. The SMILES string of the molecule is c1cc2c3c(c1)-c1cccc[n+]1C31c3c4ccccc4c4c5cccnc5c5ccc([n+]1c5n34)O2. The smallest absolute Gasteiger partial charge is 0.407 e. The Hall–Kier alpha value is -4.77. The predicted octanol–water partition coefficient (Wildman–Crippen LogP) is 5.07. The molecule has 0 bridgehead atoms. The number of benzene rings is 2. The van der Waals surface area contributed by atoms with Crippen molar-refractivity contribution in [3.8, 4) is 22.9 Å². The Bertz CT molecular complexity index is 2160. The summed E-state index contributed by atoms with van der Waals surface area (Å²) in [6.45, 7) is 0. The fourth-order valence-corrected chi connectivity index (χ4v) is 7.13. The van der Waals surface area contributed by atoms with Gasteiger partial charge in [-0.2, -0.15) is 4.40 Å². The van der Waals surface area contributed by atoms with Gasteiger partial charge < -0.3 is 4.74 Å². The number of ether oxygens (including phenoxy) is 1. The molecule has 0 radical (unpaired) electrons. The summed E-state index contributed by atoms with van der Waals surface area (Å²) in [5, 5.41) is 4.81. The summed E-state index contributed by atoms with van der Waals surface area (Å²) in [7, 11) is 0. The molecular weight excluding hydrogens is 432 g/mol. The molecule has 35 heavy (non-hydrogen) atoms. The van der Waals surface area contributed by atoms with E-state index in [-0.39, 0.29) is 0 Å². The maximum absolute atomic E-state index is 6.62. The van der Waals surface area contributed by atoms with E-state index in [1.807, 2.05) is 12.3 Å². The maximum atomic E-state index is 6.62. The zero-order valence-electron chi connectivity index (χ0n) is 18.4. The molecule has 8 heterocycles. The largest absolute Gasteiger partial charge is 0.422 e. The molecule has 0 saturated heterocycles. The van der Waals surface area contributed by atoms with E-state index in [4.69, 9.17) is 9.72 Å². The van der Waals surface area contributed by atoms with E-state index in [0.29, 0.717) is 0 Å². The molecule has 5 heteroatoms. The number of fused-ring (bicyclic) bond motifs is 8. The summed E-state index contributed by atoms with van der Waals surface area (Å²) in [5.74, 6) is 1.76. The molecule has 5 aromatic heterocycles. The number of aromatic nitrogens is 4. The average Bonchev–Trinajstić information content (AvgIpc) is 3.53. The molecule has 5 nitrogen and oxygen atoms in total. The third kappa shape index (κ3) is 1.52. The third-order valence-electron chi connectivity index (χ3n) is 8.21. The van der Waals surface area contributed by atoms with Crippen LogP contribution in [0, 0.1) is 0 Å². The van der Waals surface area contributed by atoms with Crippen molar-refractivity contribution in [2.24, 2.45) is 0 Å². The Labute approximate surface area is 198 Å². The summed E-state index contributed by atoms with van der Waals surface area (Å²) in [4.78, 5) is 4.88. The van der Waals surface area contributed by atoms with E-state index in [1.165, 1.54) is 44.2 Å². The van der Waals surface area contributed by atoms with Gasteiger partial charge in [0.2, 0.25) is 11.4 Å². The second-order valence-electron chi connectivity index (χ2n) is 9.63. The fourth-order valence-electron chi connectivity index (χ4n) is 7.13. The van der Waals surface area contributed by atoms with Crippen molar-refractivity contribution in [2.75, 3.05) is 0 Å². The van der Waals surface area contributed by atoms with Crippen LogP contribution in [0.15, 0.2) is 97.3 Å². The summed E-state index contributed by atoms with van der Waals surface area (Å²) in [5.41, 5.74) is 7.65. The van der Waals surface area contributed by atoms with Crippen LogP contribution in [-0.2, 0) is 5.66 Å². The maximum Gasteiger partial charge on any atom is 0.407 e. The number of rotatable bonds is 0. The molecule has 0 saturated carbocycles. The minimum absolute atomic E-state index is 0.582. The predicted molar refractivity (Wildman–Crippen MR) is 132 cm³/mol. The van der Waals surface area contributed by atoms with Gasteiger partial charge >= 0.3 is 11.3 Å². The van der Waals surface area contributed by atoms with Crippen LogP contribution in [0.1, 0.15) is 11.3 Å². The van der Waals surface area contributed by atoms with Crippen LogP contribution in [0.25, 0.3) is 49.5 Å². The van der Waals surface area contributed by atoms with Gasteiger partial charge in [0.25, 0.3) is 5.88 Å². The van der Waals surface area contributed by atoms with Crippen LogP contribution in [-0.4, -0.2) is 9.38 Å². The lowest BCUT2D eigenvalue weighted by Crippen LogP contribution is -2.72. The van der Waals surface area contributed by atoms with E-state index in [9.17, 15) is 0 Å². The number of nitrogens with zero attached hydrogens (tertiary/aromatic N) is 4. The highest BCUT2D eigenvalue weighted by atomic mass is 16.5. The summed E-state index contributed by atoms with van der Waals surface area (Å²) in [6, 6.07) is 30.2. The molecule has 3 aliphatic rings. The lowest BCUT2D eigenvalue weighted by atomic mass is 9.90. The van der Waals surface area contributed by atoms with Crippen molar-refractivity contribution >= 4 is 38.2 Å². The molecule has 2 aromatic carbocycles. The molecule has 0 aliphatic carbocycles. The first-order chi connectivity index (χ1) is 17.4. The first kappa shape index (κ1) is 16.8. The Balaban J connectivity index is 1.63. The summed E-state index contributed by atoms with van der Waals surface area (Å²) in [6.07, 6.45) is 4.11. The van der Waals surface area contributed by atoms with Crippen LogP contribution in [0.2, 0.25) is 0 Å². The molecule has 0 fully saturated rings. The van der Waals surface area contributed by atoms with Gasteiger partial charge in [0.1, 0.15) is 11.3 Å². The zero-order chi connectivity index (χ0) is 22.5. The van der Waals surface area contributed by atoms with Gasteiger partial charge in [-0.3, -0.25) is 4.98 Å².